The summed E-state index contributed by atoms with van der Waals surface area (Å²) in [5.74, 6) is 0.0169. The van der Waals surface area contributed by atoms with Gasteiger partial charge < -0.3 is 20.1 Å². The average molecular weight is 453 g/mol. The van der Waals surface area contributed by atoms with Crippen molar-refractivity contribution in [1.29, 1.82) is 0 Å². The number of ether oxygens (including phenoxy) is 2. The van der Waals surface area contributed by atoms with Crippen LogP contribution in [0.4, 0.5) is 11.4 Å². The summed E-state index contributed by atoms with van der Waals surface area (Å²) >= 11 is 0. The highest BCUT2D eigenvalue weighted by molar-refractivity contribution is 7.93. The molecule has 2 N–H and O–H groups in total. The minimum absolute atomic E-state index is 0.199. The van der Waals surface area contributed by atoms with Crippen LogP contribution in [0.25, 0.3) is 0 Å². The maximum Gasteiger partial charge on any atom is 0.285 e. The smallest absolute Gasteiger partial charge is 0.285 e. The van der Waals surface area contributed by atoms with Gasteiger partial charge >= 0.3 is 0 Å². The third kappa shape index (κ3) is 4.09. The fraction of sp³-hybridized carbons (Fsp3) is 0.222. The second kappa shape index (κ2) is 7.95. The number of sulfonamides is 1. The molecule has 1 atom stereocenters. The number of methoxy groups -OCH3 is 2. The summed E-state index contributed by atoms with van der Waals surface area (Å²) in [6.07, 6.45) is 1.00. The number of benzene rings is 2. The quantitative estimate of drug-likeness (QED) is 0.673. The Kier molecular flexibility index (Phi) is 5.72. The molecule has 0 saturated carbocycles. The van der Waals surface area contributed by atoms with Gasteiger partial charge in [-0.05, 0) is 25.1 Å². The zero-order valence-electron chi connectivity index (χ0n) is 16.2. The van der Waals surface area contributed by atoms with E-state index in [1.54, 1.807) is 6.07 Å². The summed E-state index contributed by atoms with van der Waals surface area (Å²) < 4.78 is 63.6. The van der Waals surface area contributed by atoms with Crippen LogP contribution in [0, 0.1) is 0 Å². The van der Waals surface area contributed by atoms with Crippen molar-refractivity contribution in [2.24, 2.45) is 4.40 Å². The van der Waals surface area contributed by atoms with Gasteiger partial charge in [0, 0.05) is 23.9 Å². The van der Waals surface area contributed by atoms with Crippen LogP contribution in [-0.4, -0.2) is 48.6 Å². The lowest BCUT2D eigenvalue weighted by molar-refractivity contribution is -0.115. The number of hydrogen-bond acceptors (Lipinski definition) is 8. The van der Waals surface area contributed by atoms with Gasteiger partial charge in [0.15, 0.2) is 9.84 Å². The van der Waals surface area contributed by atoms with Gasteiger partial charge in [0.25, 0.3) is 10.0 Å². The Balaban J connectivity index is 1.90. The van der Waals surface area contributed by atoms with Crippen molar-refractivity contribution in [3.63, 3.8) is 0 Å². The van der Waals surface area contributed by atoms with E-state index in [-0.39, 0.29) is 21.2 Å². The van der Waals surface area contributed by atoms with E-state index < -0.39 is 31.0 Å². The van der Waals surface area contributed by atoms with E-state index in [0.717, 1.165) is 12.4 Å². The first-order valence-corrected chi connectivity index (χ1v) is 11.5. The molecule has 0 fully saturated rings. The summed E-state index contributed by atoms with van der Waals surface area (Å²) in [5, 5.41) is 3.64. The van der Waals surface area contributed by atoms with Crippen LogP contribution in [0.2, 0.25) is 0 Å². The van der Waals surface area contributed by atoms with E-state index in [1.165, 1.54) is 45.4 Å². The van der Waals surface area contributed by atoms with Gasteiger partial charge in [-0.3, -0.25) is 4.79 Å². The first-order chi connectivity index (χ1) is 14.1. The third-order valence-corrected chi connectivity index (χ3v) is 7.76. The number of sulfone groups is 1. The molecule has 1 heterocycles. The fourth-order valence-electron chi connectivity index (χ4n) is 2.70. The minimum atomic E-state index is -4.19. The molecule has 1 aliphatic heterocycles. The molecule has 2 aromatic carbocycles. The standard InChI is InChI=1S/C18H19N3O7S2/c1-11(18(22)21-12-6-13(27-2)8-14(7-12)28-3)29(23,24)15-4-5-16-17(9-15)30(25,26)20-10-19-16/h4-11H,1-3H3,(H,19,20)(H,21,22)/t11-/m0/s1. The zero-order chi connectivity index (χ0) is 22.1. The number of hydrogen-bond donors (Lipinski definition) is 2. The van der Waals surface area contributed by atoms with Gasteiger partial charge in [0.05, 0.1) is 24.8 Å². The lowest BCUT2D eigenvalue weighted by Gasteiger charge is -2.17. The molecule has 3 rings (SSSR count). The van der Waals surface area contributed by atoms with E-state index in [2.05, 4.69) is 15.0 Å². The molecule has 0 spiro atoms. The molecule has 30 heavy (non-hydrogen) atoms. The number of carbonyl (C=O) groups is 1. The van der Waals surface area contributed by atoms with Crippen molar-refractivity contribution in [2.75, 3.05) is 24.9 Å². The van der Waals surface area contributed by atoms with Crippen LogP contribution in [0.15, 0.2) is 50.6 Å². The number of fused-ring (bicyclic) bond motifs is 1. The Morgan fingerprint density at radius 2 is 1.73 bits per heavy atom. The maximum absolute atomic E-state index is 12.9. The highest BCUT2D eigenvalue weighted by atomic mass is 32.2. The Hall–Kier alpha value is -3.12. The number of rotatable bonds is 6. The summed E-state index contributed by atoms with van der Waals surface area (Å²) in [6, 6.07) is 8.14. The van der Waals surface area contributed by atoms with Gasteiger partial charge in [-0.25, -0.2) is 8.42 Å². The summed E-state index contributed by atoms with van der Waals surface area (Å²) in [6.45, 7) is 1.21. The minimum Gasteiger partial charge on any atom is -0.497 e. The second-order valence-electron chi connectivity index (χ2n) is 6.29. The molecular formula is C18H19N3O7S2. The molecular weight excluding hydrogens is 434 g/mol. The molecule has 0 radical (unpaired) electrons. The number of amides is 1. The normalized spacial score (nSPS) is 15.4. The van der Waals surface area contributed by atoms with E-state index in [0.29, 0.717) is 11.5 Å². The zero-order valence-corrected chi connectivity index (χ0v) is 17.9. The molecule has 0 aliphatic carbocycles. The first-order valence-electron chi connectivity index (χ1n) is 8.56. The number of nitrogens with zero attached hydrogens (tertiary/aromatic N) is 1. The van der Waals surface area contributed by atoms with Crippen LogP contribution in [0.5, 0.6) is 11.5 Å². The Morgan fingerprint density at radius 3 is 2.33 bits per heavy atom. The third-order valence-electron chi connectivity index (χ3n) is 4.42. The maximum atomic E-state index is 12.9. The van der Waals surface area contributed by atoms with Crippen molar-refractivity contribution in [3.05, 3.63) is 36.4 Å². The van der Waals surface area contributed by atoms with Gasteiger partial charge in [-0.2, -0.15) is 8.42 Å². The van der Waals surface area contributed by atoms with Crippen molar-refractivity contribution in [1.82, 2.24) is 0 Å². The monoisotopic (exact) mass is 453 g/mol. The molecule has 0 unspecified atom stereocenters. The summed E-state index contributed by atoms with van der Waals surface area (Å²) in [7, 11) is -5.33. The summed E-state index contributed by atoms with van der Waals surface area (Å²) in [5.41, 5.74) is 0.481. The molecule has 160 valence electrons. The topological polar surface area (TPSA) is 140 Å². The lowest BCUT2D eigenvalue weighted by atomic mass is 10.2. The van der Waals surface area contributed by atoms with E-state index >= 15 is 0 Å². The molecule has 2 aromatic rings. The second-order valence-corrected chi connectivity index (χ2v) is 10.2. The van der Waals surface area contributed by atoms with Crippen molar-refractivity contribution >= 4 is 43.5 Å². The number of nitrogens with one attached hydrogen (secondary N) is 2. The Labute approximate surface area is 173 Å². The van der Waals surface area contributed by atoms with Crippen molar-refractivity contribution < 1.29 is 31.1 Å². The predicted molar refractivity (Wildman–Crippen MR) is 111 cm³/mol. The SMILES string of the molecule is COc1cc(NC(=O)[C@H](C)S(=O)(=O)c2ccc3c(c2)S(=O)(=O)N=CN3)cc(OC)c1. The van der Waals surface area contributed by atoms with E-state index in [9.17, 15) is 21.6 Å². The van der Waals surface area contributed by atoms with Gasteiger partial charge in [0.2, 0.25) is 5.91 Å². The molecule has 12 heteroatoms. The van der Waals surface area contributed by atoms with E-state index in [1.807, 2.05) is 0 Å². The summed E-state index contributed by atoms with van der Waals surface area (Å²) in [4.78, 5) is 12.0. The predicted octanol–water partition coefficient (Wildman–Crippen LogP) is 1.65. The molecule has 0 saturated heterocycles. The highest BCUT2D eigenvalue weighted by Crippen LogP contribution is 2.30. The Morgan fingerprint density at radius 1 is 1.10 bits per heavy atom. The molecule has 10 nitrogen and oxygen atoms in total. The largest absolute Gasteiger partial charge is 0.497 e. The van der Waals surface area contributed by atoms with Gasteiger partial charge in [-0.15, -0.1) is 4.40 Å². The fourth-order valence-corrected chi connectivity index (χ4v) is 5.05. The molecule has 1 amide bonds. The van der Waals surface area contributed by atoms with Crippen LogP contribution in [0.1, 0.15) is 6.92 Å². The van der Waals surface area contributed by atoms with Crippen LogP contribution < -0.4 is 20.1 Å². The molecule has 1 aliphatic rings. The average Bonchev–Trinajstić information content (AvgIpc) is 2.72. The molecule has 0 bridgehead atoms. The molecule has 0 aromatic heterocycles. The highest BCUT2D eigenvalue weighted by Gasteiger charge is 2.32. The van der Waals surface area contributed by atoms with E-state index in [4.69, 9.17) is 9.47 Å². The number of carbonyl (C=O) groups excluding carboxylic acids is 1. The Bertz CT molecular complexity index is 1220. The van der Waals surface area contributed by atoms with Crippen molar-refractivity contribution in [2.45, 2.75) is 22.0 Å². The van der Waals surface area contributed by atoms with Gasteiger partial charge in [-0.1, -0.05) is 0 Å². The van der Waals surface area contributed by atoms with Crippen LogP contribution in [-0.2, 0) is 24.7 Å². The number of anilines is 2. The van der Waals surface area contributed by atoms with Gasteiger partial charge in [0.1, 0.15) is 28.0 Å². The first kappa shape index (κ1) is 21.6. The van der Waals surface area contributed by atoms with Crippen molar-refractivity contribution in [3.8, 4) is 11.5 Å². The lowest BCUT2D eigenvalue weighted by Crippen LogP contribution is -2.32. The van der Waals surface area contributed by atoms with Crippen LogP contribution >= 0.6 is 0 Å². The van der Waals surface area contributed by atoms with Crippen LogP contribution in [0.3, 0.4) is 0 Å².